The highest BCUT2D eigenvalue weighted by molar-refractivity contribution is 5.95. The van der Waals surface area contributed by atoms with Gasteiger partial charge in [0.1, 0.15) is 5.82 Å². The normalized spacial score (nSPS) is 23.2. The second-order valence-electron chi connectivity index (χ2n) is 4.84. The van der Waals surface area contributed by atoms with E-state index in [4.69, 9.17) is 0 Å². The van der Waals surface area contributed by atoms with Crippen molar-refractivity contribution in [2.75, 3.05) is 0 Å². The Labute approximate surface area is 106 Å². The van der Waals surface area contributed by atoms with Crippen LogP contribution >= 0.6 is 0 Å². The van der Waals surface area contributed by atoms with Gasteiger partial charge in [-0.15, -0.1) is 0 Å². The summed E-state index contributed by atoms with van der Waals surface area (Å²) >= 11 is 0. The number of hydrogen-bond acceptors (Lipinski definition) is 2. The van der Waals surface area contributed by atoms with E-state index in [0.29, 0.717) is 11.8 Å². The average Bonchev–Trinajstić information content (AvgIpc) is 2.68. The molecule has 1 amide bonds. The minimum absolute atomic E-state index is 0.0194. The van der Waals surface area contributed by atoms with E-state index < -0.39 is 5.82 Å². The van der Waals surface area contributed by atoms with Crippen molar-refractivity contribution >= 4 is 12.2 Å². The van der Waals surface area contributed by atoms with E-state index in [1.165, 1.54) is 12.1 Å². The Bertz CT molecular complexity index is 477. The van der Waals surface area contributed by atoms with E-state index in [1.807, 2.05) is 13.8 Å². The zero-order valence-electron chi connectivity index (χ0n) is 10.5. The Morgan fingerprint density at radius 2 is 1.94 bits per heavy atom. The van der Waals surface area contributed by atoms with E-state index in [9.17, 15) is 14.0 Å². The van der Waals surface area contributed by atoms with Crippen LogP contribution in [-0.4, -0.2) is 29.2 Å². The molecule has 1 aliphatic rings. The van der Waals surface area contributed by atoms with Crippen LogP contribution in [-0.2, 0) is 0 Å². The van der Waals surface area contributed by atoms with Crippen LogP contribution in [0.25, 0.3) is 0 Å². The molecular weight excluding hydrogens is 233 g/mol. The lowest BCUT2D eigenvalue weighted by Crippen LogP contribution is -2.38. The lowest BCUT2D eigenvalue weighted by Gasteiger charge is -2.26. The molecule has 2 atom stereocenters. The van der Waals surface area contributed by atoms with E-state index >= 15 is 0 Å². The molecule has 96 valence electrons. The number of aldehydes is 1. The minimum Gasteiger partial charge on any atom is -0.333 e. The van der Waals surface area contributed by atoms with Crippen molar-refractivity contribution in [1.82, 2.24) is 4.90 Å². The first-order chi connectivity index (χ1) is 8.54. The first-order valence-corrected chi connectivity index (χ1v) is 6.12. The number of halogens is 1. The molecule has 0 spiro atoms. The molecule has 1 aromatic carbocycles. The third-order valence-corrected chi connectivity index (χ3v) is 3.56. The average molecular weight is 249 g/mol. The molecule has 0 aromatic heterocycles. The number of hydrogen-bond donors (Lipinski definition) is 0. The summed E-state index contributed by atoms with van der Waals surface area (Å²) in [6, 6.07) is 4.36. The molecule has 0 bridgehead atoms. The van der Waals surface area contributed by atoms with Gasteiger partial charge in [-0.2, -0.15) is 0 Å². The summed E-state index contributed by atoms with van der Waals surface area (Å²) < 4.78 is 13.5. The number of carbonyl (C=O) groups excluding carboxylic acids is 2. The van der Waals surface area contributed by atoms with Crippen LogP contribution in [0.2, 0.25) is 0 Å². The van der Waals surface area contributed by atoms with Gasteiger partial charge in [-0.1, -0.05) is 0 Å². The number of benzene rings is 1. The standard InChI is InChI=1S/C14H16FNO2/c1-9-3-4-10(2)16(9)14(18)11-5-6-12(8-17)13(15)7-11/h5-10H,3-4H2,1-2H3. The SMILES string of the molecule is CC1CCC(C)N1C(=O)c1ccc(C=O)c(F)c1. The van der Waals surface area contributed by atoms with E-state index in [-0.39, 0.29) is 23.6 Å². The topological polar surface area (TPSA) is 37.4 Å². The van der Waals surface area contributed by atoms with Crippen molar-refractivity contribution in [2.24, 2.45) is 0 Å². The van der Waals surface area contributed by atoms with Crippen LogP contribution < -0.4 is 0 Å². The van der Waals surface area contributed by atoms with Crippen LogP contribution in [0.3, 0.4) is 0 Å². The maximum absolute atomic E-state index is 13.5. The number of likely N-dealkylation sites (tertiary alicyclic amines) is 1. The lowest BCUT2D eigenvalue weighted by atomic mass is 10.1. The number of carbonyl (C=O) groups is 2. The molecule has 2 unspecified atom stereocenters. The number of amides is 1. The summed E-state index contributed by atoms with van der Waals surface area (Å²) in [5.41, 5.74) is 0.285. The highest BCUT2D eigenvalue weighted by Crippen LogP contribution is 2.25. The van der Waals surface area contributed by atoms with Crippen molar-refractivity contribution in [3.8, 4) is 0 Å². The zero-order chi connectivity index (χ0) is 13.3. The van der Waals surface area contributed by atoms with Gasteiger partial charge >= 0.3 is 0 Å². The molecule has 1 aromatic rings. The van der Waals surface area contributed by atoms with Gasteiger partial charge in [0.15, 0.2) is 6.29 Å². The molecule has 1 heterocycles. The maximum atomic E-state index is 13.5. The summed E-state index contributed by atoms with van der Waals surface area (Å²) in [6.45, 7) is 4.00. The molecule has 3 nitrogen and oxygen atoms in total. The second-order valence-corrected chi connectivity index (χ2v) is 4.84. The first kappa shape index (κ1) is 12.7. The fourth-order valence-electron chi connectivity index (χ4n) is 2.50. The molecule has 0 aliphatic carbocycles. The monoisotopic (exact) mass is 249 g/mol. The summed E-state index contributed by atoms with van der Waals surface area (Å²) in [4.78, 5) is 24.6. The maximum Gasteiger partial charge on any atom is 0.254 e. The highest BCUT2D eigenvalue weighted by atomic mass is 19.1. The van der Waals surface area contributed by atoms with E-state index in [0.717, 1.165) is 18.9 Å². The smallest absolute Gasteiger partial charge is 0.254 e. The summed E-state index contributed by atoms with van der Waals surface area (Å²) in [5, 5.41) is 0. The predicted octanol–water partition coefficient (Wildman–Crippen LogP) is 2.65. The highest BCUT2D eigenvalue weighted by Gasteiger charge is 2.32. The molecule has 1 aliphatic heterocycles. The van der Waals surface area contributed by atoms with Gasteiger partial charge in [0.25, 0.3) is 5.91 Å². The van der Waals surface area contributed by atoms with Crippen LogP contribution in [0.15, 0.2) is 18.2 Å². The van der Waals surface area contributed by atoms with Gasteiger partial charge in [-0.05, 0) is 44.9 Å². The Kier molecular flexibility index (Phi) is 3.45. The van der Waals surface area contributed by atoms with Gasteiger partial charge < -0.3 is 4.90 Å². The van der Waals surface area contributed by atoms with Gasteiger partial charge in [-0.25, -0.2) is 4.39 Å². The third-order valence-electron chi connectivity index (χ3n) is 3.56. The predicted molar refractivity (Wildman–Crippen MR) is 66.1 cm³/mol. The van der Waals surface area contributed by atoms with Crippen molar-refractivity contribution in [3.63, 3.8) is 0 Å². The molecule has 1 saturated heterocycles. The molecule has 4 heteroatoms. The third kappa shape index (κ3) is 2.15. The second kappa shape index (κ2) is 4.88. The first-order valence-electron chi connectivity index (χ1n) is 6.12. The van der Waals surface area contributed by atoms with E-state index in [2.05, 4.69) is 0 Å². The van der Waals surface area contributed by atoms with Gasteiger partial charge in [0.05, 0.1) is 5.56 Å². The molecular formula is C14H16FNO2. The van der Waals surface area contributed by atoms with Crippen LogP contribution in [0, 0.1) is 5.82 Å². The van der Waals surface area contributed by atoms with Gasteiger partial charge in [-0.3, -0.25) is 9.59 Å². The van der Waals surface area contributed by atoms with Crippen LogP contribution in [0.5, 0.6) is 0 Å². The summed E-state index contributed by atoms with van der Waals surface area (Å²) in [6.07, 6.45) is 2.40. The van der Waals surface area contributed by atoms with Crippen molar-refractivity contribution in [1.29, 1.82) is 0 Å². The Balaban J connectivity index is 2.28. The number of nitrogens with zero attached hydrogens (tertiary/aromatic N) is 1. The molecule has 2 rings (SSSR count). The quantitative estimate of drug-likeness (QED) is 0.756. The summed E-state index contributed by atoms with van der Waals surface area (Å²) in [5.74, 6) is -0.806. The van der Waals surface area contributed by atoms with Crippen molar-refractivity contribution in [2.45, 2.75) is 38.8 Å². The molecule has 0 N–H and O–H groups in total. The molecule has 0 radical (unpaired) electrons. The van der Waals surface area contributed by atoms with Crippen molar-refractivity contribution < 1.29 is 14.0 Å². The Morgan fingerprint density at radius 3 is 2.44 bits per heavy atom. The fraction of sp³-hybridized carbons (Fsp3) is 0.429. The summed E-state index contributed by atoms with van der Waals surface area (Å²) in [7, 11) is 0. The van der Waals surface area contributed by atoms with E-state index in [1.54, 1.807) is 4.90 Å². The number of rotatable bonds is 2. The Hall–Kier alpha value is -1.71. The lowest BCUT2D eigenvalue weighted by molar-refractivity contribution is 0.0692. The minimum atomic E-state index is -0.643. The van der Waals surface area contributed by atoms with Gasteiger partial charge in [0.2, 0.25) is 0 Å². The van der Waals surface area contributed by atoms with Crippen LogP contribution in [0.1, 0.15) is 47.4 Å². The van der Waals surface area contributed by atoms with Crippen molar-refractivity contribution in [3.05, 3.63) is 35.1 Å². The molecule has 1 fully saturated rings. The molecule has 0 saturated carbocycles. The molecule has 18 heavy (non-hydrogen) atoms. The van der Waals surface area contributed by atoms with Crippen LogP contribution in [0.4, 0.5) is 4.39 Å². The largest absolute Gasteiger partial charge is 0.333 e. The van der Waals surface area contributed by atoms with Gasteiger partial charge in [0, 0.05) is 17.6 Å². The Morgan fingerprint density at radius 1 is 1.33 bits per heavy atom. The zero-order valence-corrected chi connectivity index (χ0v) is 10.5. The fourth-order valence-corrected chi connectivity index (χ4v) is 2.50.